The highest BCUT2D eigenvalue weighted by atomic mass is 16.3. The van der Waals surface area contributed by atoms with Gasteiger partial charge in [-0.3, -0.25) is 0 Å². The lowest BCUT2D eigenvalue weighted by molar-refractivity contribution is 0.170. The van der Waals surface area contributed by atoms with Crippen LogP contribution in [0.4, 0.5) is 0 Å². The number of rotatable bonds is 6. The highest BCUT2D eigenvalue weighted by Crippen LogP contribution is 2.04. The molecule has 1 aromatic rings. The van der Waals surface area contributed by atoms with Gasteiger partial charge in [0.25, 0.3) is 0 Å². The van der Waals surface area contributed by atoms with Crippen molar-refractivity contribution in [2.75, 3.05) is 13.2 Å². The first kappa shape index (κ1) is 12.1. The fraction of sp³-hybridized carbons (Fsp3) is 0.455. The molecule has 84 valence electrons. The van der Waals surface area contributed by atoms with Crippen LogP contribution in [-0.4, -0.2) is 34.6 Å². The molecule has 0 aliphatic carbocycles. The zero-order valence-corrected chi connectivity index (χ0v) is 8.56. The minimum absolute atomic E-state index is 0.0453. The van der Waals surface area contributed by atoms with E-state index in [9.17, 15) is 0 Å². The summed E-state index contributed by atoms with van der Waals surface area (Å²) in [6, 6.07) is 7.24. The van der Waals surface area contributed by atoms with Gasteiger partial charge in [-0.05, 0) is 11.1 Å². The standard InChI is InChI=1S/C11H17NO3/c13-6-10-3-1-9(2-4-10)5-12-11(7-14)8-15/h1-4,11-15H,5-8H2. The van der Waals surface area contributed by atoms with E-state index in [0.29, 0.717) is 6.54 Å². The molecule has 4 N–H and O–H groups in total. The van der Waals surface area contributed by atoms with Crippen LogP contribution in [0.15, 0.2) is 24.3 Å². The molecule has 1 aromatic carbocycles. The lowest BCUT2D eigenvalue weighted by Gasteiger charge is -2.13. The Morgan fingerprint density at radius 2 is 1.47 bits per heavy atom. The third-order valence-electron chi connectivity index (χ3n) is 2.24. The van der Waals surface area contributed by atoms with E-state index < -0.39 is 0 Å². The summed E-state index contributed by atoms with van der Waals surface area (Å²) in [6.07, 6.45) is 0. The van der Waals surface area contributed by atoms with Gasteiger partial charge in [-0.1, -0.05) is 24.3 Å². The molecule has 0 aliphatic heterocycles. The Kier molecular flexibility index (Phi) is 5.28. The van der Waals surface area contributed by atoms with Crippen molar-refractivity contribution in [2.45, 2.75) is 19.2 Å². The Morgan fingerprint density at radius 1 is 0.933 bits per heavy atom. The predicted molar refractivity (Wildman–Crippen MR) is 57.2 cm³/mol. The molecule has 0 aromatic heterocycles. The van der Waals surface area contributed by atoms with Crippen LogP contribution < -0.4 is 5.32 Å². The van der Waals surface area contributed by atoms with Crippen molar-refractivity contribution in [3.8, 4) is 0 Å². The third kappa shape index (κ3) is 3.97. The van der Waals surface area contributed by atoms with Crippen LogP contribution in [0.2, 0.25) is 0 Å². The molecular formula is C11H17NO3. The van der Waals surface area contributed by atoms with E-state index >= 15 is 0 Å². The van der Waals surface area contributed by atoms with Crippen LogP contribution in [0, 0.1) is 0 Å². The fourth-order valence-corrected chi connectivity index (χ4v) is 1.21. The minimum Gasteiger partial charge on any atom is -0.395 e. The van der Waals surface area contributed by atoms with Crippen LogP contribution in [-0.2, 0) is 13.2 Å². The first-order valence-corrected chi connectivity index (χ1v) is 4.94. The molecule has 0 fully saturated rings. The third-order valence-corrected chi connectivity index (χ3v) is 2.24. The van der Waals surface area contributed by atoms with Crippen LogP contribution in [0.25, 0.3) is 0 Å². The zero-order valence-electron chi connectivity index (χ0n) is 8.56. The van der Waals surface area contributed by atoms with Crippen LogP contribution >= 0.6 is 0 Å². The molecule has 4 heteroatoms. The average molecular weight is 211 g/mol. The molecule has 0 aliphatic rings. The number of hydrogen-bond acceptors (Lipinski definition) is 4. The van der Waals surface area contributed by atoms with E-state index in [1.54, 1.807) is 0 Å². The molecule has 0 saturated carbocycles. The first-order valence-electron chi connectivity index (χ1n) is 4.94. The number of hydrogen-bond donors (Lipinski definition) is 4. The second-order valence-electron chi connectivity index (χ2n) is 3.42. The maximum Gasteiger partial charge on any atom is 0.0681 e. The average Bonchev–Trinajstić information content (AvgIpc) is 2.31. The van der Waals surface area contributed by atoms with Crippen molar-refractivity contribution < 1.29 is 15.3 Å². The lowest BCUT2D eigenvalue weighted by Crippen LogP contribution is -2.35. The molecule has 15 heavy (non-hydrogen) atoms. The molecule has 0 saturated heterocycles. The van der Waals surface area contributed by atoms with Crippen molar-refractivity contribution >= 4 is 0 Å². The predicted octanol–water partition coefficient (Wildman–Crippen LogP) is -0.378. The van der Waals surface area contributed by atoms with Gasteiger partial charge in [-0.2, -0.15) is 0 Å². The van der Waals surface area contributed by atoms with Crippen molar-refractivity contribution in [1.29, 1.82) is 0 Å². The van der Waals surface area contributed by atoms with Gasteiger partial charge >= 0.3 is 0 Å². The number of benzene rings is 1. The second kappa shape index (κ2) is 6.53. The van der Waals surface area contributed by atoms with Crippen molar-refractivity contribution in [1.82, 2.24) is 5.32 Å². The second-order valence-corrected chi connectivity index (χ2v) is 3.42. The van der Waals surface area contributed by atoms with Gasteiger partial charge in [0.15, 0.2) is 0 Å². The highest BCUT2D eigenvalue weighted by molar-refractivity contribution is 5.21. The van der Waals surface area contributed by atoms with E-state index in [0.717, 1.165) is 11.1 Å². The van der Waals surface area contributed by atoms with Crippen LogP contribution in [0.3, 0.4) is 0 Å². The molecule has 4 nitrogen and oxygen atoms in total. The summed E-state index contributed by atoms with van der Waals surface area (Å²) in [5.41, 5.74) is 1.93. The maximum atomic E-state index is 8.84. The first-order chi connectivity index (χ1) is 7.30. The Balaban J connectivity index is 2.43. The number of aliphatic hydroxyl groups excluding tert-OH is 3. The molecule has 0 heterocycles. The number of aliphatic hydroxyl groups is 3. The summed E-state index contributed by atoms with van der Waals surface area (Å²) in [6.45, 7) is 0.484. The van der Waals surface area contributed by atoms with Gasteiger partial charge in [0, 0.05) is 6.54 Å². The molecule has 1 rings (SSSR count). The number of nitrogens with one attached hydrogen (secondary N) is 1. The smallest absolute Gasteiger partial charge is 0.0681 e. The largest absolute Gasteiger partial charge is 0.395 e. The Morgan fingerprint density at radius 3 is 1.93 bits per heavy atom. The van der Waals surface area contributed by atoms with Gasteiger partial charge in [-0.15, -0.1) is 0 Å². The van der Waals surface area contributed by atoms with Crippen LogP contribution in [0.5, 0.6) is 0 Å². The maximum absolute atomic E-state index is 8.84. The SMILES string of the molecule is OCc1ccc(CNC(CO)CO)cc1. The summed E-state index contributed by atoms with van der Waals surface area (Å²) in [5, 5.41) is 29.5. The summed E-state index contributed by atoms with van der Waals surface area (Å²) in [5.74, 6) is 0. The summed E-state index contributed by atoms with van der Waals surface area (Å²) in [4.78, 5) is 0. The molecule has 0 spiro atoms. The van der Waals surface area contributed by atoms with Gasteiger partial charge in [-0.25, -0.2) is 0 Å². The molecule has 0 amide bonds. The summed E-state index contributed by atoms with van der Waals surface area (Å²) >= 11 is 0. The van der Waals surface area contributed by atoms with Crippen molar-refractivity contribution in [3.63, 3.8) is 0 Å². The molecule has 0 atom stereocenters. The monoisotopic (exact) mass is 211 g/mol. The molecule has 0 radical (unpaired) electrons. The topological polar surface area (TPSA) is 72.7 Å². The Hall–Kier alpha value is -0.940. The fourth-order valence-electron chi connectivity index (χ4n) is 1.21. The molecule has 0 bridgehead atoms. The lowest BCUT2D eigenvalue weighted by atomic mass is 10.1. The Labute approximate surface area is 89.2 Å². The van der Waals surface area contributed by atoms with E-state index in [4.69, 9.17) is 15.3 Å². The zero-order chi connectivity index (χ0) is 11.1. The van der Waals surface area contributed by atoms with Crippen molar-refractivity contribution in [3.05, 3.63) is 35.4 Å². The van der Waals surface area contributed by atoms with Gasteiger partial charge in [0.1, 0.15) is 0 Å². The minimum atomic E-state index is -0.275. The molecule has 0 unspecified atom stereocenters. The quantitative estimate of drug-likeness (QED) is 0.517. The normalized spacial score (nSPS) is 10.9. The van der Waals surface area contributed by atoms with E-state index in [1.807, 2.05) is 24.3 Å². The van der Waals surface area contributed by atoms with E-state index in [1.165, 1.54) is 0 Å². The van der Waals surface area contributed by atoms with Crippen LogP contribution in [0.1, 0.15) is 11.1 Å². The van der Waals surface area contributed by atoms with E-state index in [-0.39, 0.29) is 25.9 Å². The Bertz CT molecular complexity index is 270. The summed E-state index contributed by atoms with van der Waals surface area (Å²) in [7, 11) is 0. The highest BCUT2D eigenvalue weighted by Gasteiger charge is 2.03. The molecular weight excluding hydrogens is 194 g/mol. The van der Waals surface area contributed by atoms with Crippen molar-refractivity contribution in [2.24, 2.45) is 0 Å². The van der Waals surface area contributed by atoms with Gasteiger partial charge < -0.3 is 20.6 Å². The summed E-state index contributed by atoms with van der Waals surface area (Å²) < 4.78 is 0. The van der Waals surface area contributed by atoms with E-state index in [2.05, 4.69) is 5.32 Å². The van der Waals surface area contributed by atoms with Gasteiger partial charge in [0.2, 0.25) is 0 Å². The van der Waals surface area contributed by atoms with Gasteiger partial charge in [0.05, 0.1) is 25.9 Å².